The van der Waals surface area contributed by atoms with Crippen LogP contribution in [0.3, 0.4) is 0 Å². The van der Waals surface area contributed by atoms with E-state index in [2.05, 4.69) is 17.3 Å². The van der Waals surface area contributed by atoms with E-state index in [1.165, 1.54) is 4.88 Å². The number of aliphatic hydroxyl groups is 1. The van der Waals surface area contributed by atoms with Gasteiger partial charge in [-0.15, -0.1) is 11.3 Å². The highest BCUT2D eigenvalue weighted by molar-refractivity contribution is 7.09. The fourth-order valence-corrected chi connectivity index (χ4v) is 2.79. The van der Waals surface area contributed by atoms with Crippen LogP contribution in [-0.2, 0) is 16.1 Å². The van der Waals surface area contributed by atoms with Crippen molar-refractivity contribution in [2.24, 2.45) is 0 Å². The van der Waals surface area contributed by atoms with Gasteiger partial charge in [-0.3, -0.25) is 0 Å². The highest BCUT2D eigenvalue weighted by atomic mass is 32.1. The Bertz CT molecular complexity index is 361. The van der Waals surface area contributed by atoms with E-state index in [-0.39, 0.29) is 6.10 Å². The smallest absolute Gasteiger partial charge is 0.0897 e. The fourth-order valence-electron chi connectivity index (χ4n) is 2.15. The standard InChI is InChI=1S/C14H24N2O3S/c1-16-4-5-19-13(9-16)8-15-7-12(17)10-18-11-14-3-2-6-20-14/h2-3,6,12-13,15,17H,4-5,7-11H2,1H3/t12-,13-/m1/s1. The second-order valence-corrected chi connectivity index (χ2v) is 6.19. The van der Waals surface area contributed by atoms with Crippen LogP contribution in [0.1, 0.15) is 4.88 Å². The minimum absolute atomic E-state index is 0.216. The molecule has 0 spiro atoms. The summed E-state index contributed by atoms with van der Waals surface area (Å²) in [5.74, 6) is 0. The van der Waals surface area contributed by atoms with Gasteiger partial charge in [0.2, 0.25) is 0 Å². The summed E-state index contributed by atoms with van der Waals surface area (Å²) in [4.78, 5) is 3.44. The van der Waals surface area contributed by atoms with E-state index in [0.29, 0.717) is 19.8 Å². The zero-order valence-electron chi connectivity index (χ0n) is 12.0. The van der Waals surface area contributed by atoms with Gasteiger partial charge in [-0.1, -0.05) is 6.07 Å². The van der Waals surface area contributed by atoms with E-state index in [4.69, 9.17) is 9.47 Å². The Kier molecular flexibility index (Phi) is 6.92. The van der Waals surface area contributed by atoms with Gasteiger partial charge in [-0.25, -0.2) is 0 Å². The summed E-state index contributed by atoms with van der Waals surface area (Å²) in [7, 11) is 2.10. The number of hydrogen-bond donors (Lipinski definition) is 2. The minimum atomic E-state index is -0.476. The number of hydrogen-bond acceptors (Lipinski definition) is 6. The summed E-state index contributed by atoms with van der Waals surface area (Å²) in [6.07, 6.45) is -0.260. The molecule has 2 N–H and O–H groups in total. The molecule has 1 aliphatic rings. The quantitative estimate of drug-likeness (QED) is 0.734. The zero-order valence-corrected chi connectivity index (χ0v) is 12.8. The molecule has 0 unspecified atom stereocenters. The van der Waals surface area contributed by atoms with Gasteiger partial charge in [-0.05, 0) is 18.5 Å². The van der Waals surface area contributed by atoms with Crippen molar-refractivity contribution in [3.05, 3.63) is 22.4 Å². The highest BCUT2D eigenvalue weighted by Gasteiger charge is 2.17. The topological polar surface area (TPSA) is 54.0 Å². The fraction of sp³-hybridized carbons (Fsp3) is 0.714. The molecule has 1 aromatic heterocycles. The average Bonchev–Trinajstić information content (AvgIpc) is 2.92. The lowest BCUT2D eigenvalue weighted by atomic mass is 10.2. The lowest BCUT2D eigenvalue weighted by Gasteiger charge is -2.30. The molecule has 5 nitrogen and oxygen atoms in total. The molecule has 0 aromatic carbocycles. The first-order valence-electron chi connectivity index (χ1n) is 7.03. The Balaban J connectivity index is 1.50. The predicted octanol–water partition coefficient (Wildman–Crippen LogP) is 0.546. The Labute approximate surface area is 124 Å². The second-order valence-electron chi connectivity index (χ2n) is 5.16. The number of morpholine rings is 1. The summed E-state index contributed by atoms with van der Waals surface area (Å²) >= 11 is 1.67. The van der Waals surface area contributed by atoms with E-state index >= 15 is 0 Å². The number of nitrogens with zero attached hydrogens (tertiary/aromatic N) is 1. The van der Waals surface area contributed by atoms with Gasteiger partial charge >= 0.3 is 0 Å². The first-order chi connectivity index (χ1) is 9.74. The Morgan fingerprint density at radius 1 is 1.65 bits per heavy atom. The average molecular weight is 300 g/mol. The van der Waals surface area contributed by atoms with E-state index in [1.54, 1.807) is 11.3 Å². The second kappa shape index (κ2) is 8.71. The molecule has 6 heteroatoms. The number of thiophene rings is 1. The van der Waals surface area contributed by atoms with E-state index in [0.717, 1.165) is 26.2 Å². The van der Waals surface area contributed by atoms with E-state index in [9.17, 15) is 5.11 Å². The molecule has 0 aliphatic carbocycles. The minimum Gasteiger partial charge on any atom is -0.389 e. The van der Waals surface area contributed by atoms with E-state index < -0.39 is 6.10 Å². The van der Waals surface area contributed by atoms with Crippen molar-refractivity contribution in [3.8, 4) is 0 Å². The molecule has 1 saturated heterocycles. The van der Waals surface area contributed by atoms with Crippen LogP contribution in [-0.4, -0.2) is 68.7 Å². The molecule has 2 atom stereocenters. The van der Waals surface area contributed by atoms with Crippen molar-refractivity contribution < 1.29 is 14.6 Å². The van der Waals surface area contributed by atoms with Crippen LogP contribution >= 0.6 is 11.3 Å². The largest absolute Gasteiger partial charge is 0.389 e. The summed E-state index contributed by atoms with van der Waals surface area (Å²) in [6, 6.07) is 4.04. The first kappa shape index (κ1) is 15.9. The zero-order chi connectivity index (χ0) is 14.2. The van der Waals surface area contributed by atoms with Crippen LogP contribution < -0.4 is 5.32 Å². The van der Waals surface area contributed by atoms with Gasteiger partial charge in [0.1, 0.15) is 0 Å². The molecule has 2 rings (SSSR count). The first-order valence-corrected chi connectivity index (χ1v) is 7.91. The number of nitrogens with one attached hydrogen (secondary N) is 1. The molecular weight excluding hydrogens is 276 g/mol. The van der Waals surface area contributed by atoms with E-state index in [1.807, 2.05) is 17.5 Å². The molecule has 1 aliphatic heterocycles. The molecule has 1 aromatic rings. The van der Waals surface area contributed by atoms with Crippen LogP contribution in [0.25, 0.3) is 0 Å². The van der Waals surface area contributed by atoms with Gasteiger partial charge in [-0.2, -0.15) is 0 Å². The Morgan fingerprint density at radius 2 is 2.55 bits per heavy atom. The maximum absolute atomic E-state index is 9.82. The molecule has 2 heterocycles. The van der Waals surface area contributed by atoms with Crippen LogP contribution in [0.15, 0.2) is 17.5 Å². The number of aliphatic hydroxyl groups excluding tert-OH is 1. The van der Waals surface area contributed by atoms with Gasteiger partial charge in [0, 0.05) is 31.1 Å². The summed E-state index contributed by atoms with van der Waals surface area (Å²) in [5, 5.41) is 15.1. The van der Waals surface area contributed by atoms with Gasteiger partial charge in [0.15, 0.2) is 0 Å². The molecule has 0 radical (unpaired) electrons. The molecule has 0 bridgehead atoms. The third kappa shape index (κ3) is 5.87. The van der Waals surface area contributed by atoms with Crippen molar-refractivity contribution in [2.75, 3.05) is 46.4 Å². The predicted molar refractivity (Wildman–Crippen MR) is 80.1 cm³/mol. The lowest BCUT2D eigenvalue weighted by Crippen LogP contribution is -2.46. The molecule has 20 heavy (non-hydrogen) atoms. The number of rotatable bonds is 8. The third-order valence-corrected chi connectivity index (χ3v) is 4.08. The molecule has 0 saturated carbocycles. The highest BCUT2D eigenvalue weighted by Crippen LogP contribution is 2.09. The normalized spacial score (nSPS) is 22.0. The lowest BCUT2D eigenvalue weighted by molar-refractivity contribution is -0.0211. The third-order valence-electron chi connectivity index (χ3n) is 3.23. The maximum Gasteiger partial charge on any atom is 0.0897 e. The van der Waals surface area contributed by atoms with Crippen LogP contribution in [0.2, 0.25) is 0 Å². The van der Waals surface area contributed by atoms with Crippen molar-refractivity contribution in [3.63, 3.8) is 0 Å². The van der Waals surface area contributed by atoms with Crippen molar-refractivity contribution in [1.82, 2.24) is 10.2 Å². The summed E-state index contributed by atoms with van der Waals surface area (Å²) in [6.45, 7) is 4.96. The van der Waals surface area contributed by atoms with Crippen molar-refractivity contribution in [2.45, 2.75) is 18.8 Å². The van der Waals surface area contributed by atoms with Crippen LogP contribution in [0.5, 0.6) is 0 Å². The number of ether oxygens (including phenoxy) is 2. The SMILES string of the molecule is CN1CCO[C@H](CNC[C@@H](O)COCc2cccs2)C1. The van der Waals surface area contributed by atoms with Crippen molar-refractivity contribution in [1.29, 1.82) is 0 Å². The molecule has 114 valence electrons. The molecular formula is C14H24N2O3S. The summed E-state index contributed by atoms with van der Waals surface area (Å²) < 4.78 is 11.1. The molecule has 1 fully saturated rings. The van der Waals surface area contributed by atoms with Crippen molar-refractivity contribution >= 4 is 11.3 Å². The Hall–Kier alpha value is -0.500. The monoisotopic (exact) mass is 300 g/mol. The van der Waals surface area contributed by atoms with Gasteiger partial charge < -0.3 is 24.8 Å². The van der Waals surface area contributed by atoms with Gasteiger partial charge in [0.25, 0.3) is 0 Å². The van der Waals surface area contributed by atoms with Crippen LogP contribution in [0, 0.1) is 0 Å². The van der Waals surface area contributed by atoms with Gasteiger partial charge in [0.05, 0.1) is 32.0 Å². The number of likely N-dealkylation sites (N-methyl/N-ethyl adjacent to an activating group) is 1. The summed E-state index contributed by atoms with van der Waals surface area (Å²) in [5.41, 5.74) is 0. The Morgan fingerprint density at radius 3 is 3.30 bits per heavy atom. The molecule has 0 amide bonds. The maximum atomic E-state index is 9.82. The van der Waals surface area contributed by atoms with Crippen LogP contribution in [0.4, 0.5) is 0 Å².